The third kappa shape index (κ3) is 5.49. The SMILES string of the molecule is O=[N+]([O-])c1ccc2nc(Nc3ccc(F)c(C(F)(F)F)c3)c(Nc3ccc(F)c(C(F)(F)F)c3)nc2c1. The van der Waals surface area contributed by atoms with Gasteiger partial charge in [0, 0.05) is 23.5 Å². The van der Waals surface area contributed by atoms with Crippen LogP contribution in [0.15, 0.2) is 54.6 Å². The van der Waals surface area contributed by atoms with Crippen LogP contribution in [0.5, 0.6) is 0 Å². The summed E-state index contributed by atoms with van der Waals surface area (Å²) >= 11 is 0. The highest BCUT2D eigenvalue weighted by Gasteiger charge is 2.35. The number of anilines is 4. The molecule has 192 valence electrons. The zero-order chi connectivity index (χ0) is 27.1. The van der Waals surface area contributed by atoms with Gasteiger partial charge in [0.1, 0.15) is 11.6 Å². The predicted molar refractivity (Wildman–Crippen MR) is 116 cm³/mol. The van der Waals surface area contributed by atoms with Gasteiger partial charge in [0.05, 0.1) is 27.1 Å². The molecule has 0 unspecified atom stereocenters. The average molecular weight is 529 g/mol. The van der Waals surface area contributed by atoms with E-state index < -0.39 is 40.0 Å². The van der Waals surface area contributed by atoms with Crippen molar-refractivity contribution in [1.29, 1.82) is 0 Å². The van der Waals surface area contributed by atoms with Crippen molar-refractivity contribution in [2.75, 3.05) is 10.6 Å². The molecule has 0 bridgehead atoms. The van der Waals surface area contributed by atoms with Gasteiger partial charge in [-0.15, -0.1) is 0 Å². The van der Waals surface area contributed by atoms with Crippen LogP contribution in [0.3, 0.4) is 0 Å². The van der Waals surface area contributed by atoms with Crippen molar-refractivity contribution in [2.24, 2.45) is 0 Å². The highest BCUT2D eigenvalue weighted by atomic mass is 19.4. The van der Waals surface area contributed by atoms with E-state index in [9.17, 15) is 45.2 Å². The van der Waals surface area contributed by atoms with Gasteiger partial charge in [-0.1, -0.05) is 0 Å². The summed E-state index contributed by atoms with van der Waals surface area (Å²) in [5, 5.41) is 16.0. The third-order valence-corrected chi connectivity index (χ3v) is 4.93. The van der Waals surface area contributed by atoms with E-state index in [0.717, 1.165) is 24.3 Å². The molecule has 1 aromatic heterocycles. The molecule has 0 aliphatic heterocycles. The summed E-state index contributed by atoms with van der Waals surface area (Å²) in [6.45, 7) is 0. The molecule has 15 heteroatoms. The maximum absolute atomic E-state index is 13.7. The van der Waals surface area contributed by atoms with Crippen molar-refractivity contribution in [3.05, 3.63) is 87.5 Å². The average Bonchev–Trinajstić information content (AvgIpc) is 2.80. The van der Waals surface area contributed by atoms with E-state index in [1.54, 1.807) is 0 Å². The van der Waals surface area contributed by atoms with E-state index in [1.165, 1.54) is 6.07 Å². The Hall–Kier alpha value is -4.56. The summed E-state index contributed by atoms with van der Waals surface area (Å²) in [6.07, 6.45) is -10.1. The lowest BCUT2D eigenvalue weighted by molar-refractivity contribution is -0.384. The van der Waals surface area contributed by atoms with Gasteiger partial charge in [-0.05, 0) is 42.5 Å². The molecule has 0 spiro atoms. The first-order chi connectivity index (χ1) is 17.2. The maximum Gasteiger partial charge on any atom is 0.419 e. The third-order valence-electron chi connectivity index (χ3n) is 4.93. The predicted octanol–water partition coefficient (Wildman–Crippen LogP) is 7.34. The summed E-state index contributed by atoms with van der Waals surface area (Å²) in [5.74, 6) is -3.79. The van der Waals surface area contributed by atoms with Gasteiger partial charge in [-0.3, -0.25) is 10.1 Å². The first-order valence-corrected chi connectivity index (χ1v) is 9.96. The van der Waals surface area contributed by atoms with E-state index in [2.05, 4.69) is 20.6 Å². The van der Waals surface area contributed by atoms with Gasteiger partial charge in [-0.25, -0.2) is 18.7 Å². The lowest BCUT2D eigenvalue weighted by Crippen LogP contribution is -2.10. The molecule has 0 fully saturated rings. The minimum absolute atomic E-state index is 0.0342. The van der Waals surface area contributed by atoms with Gasteiger partial charge in [0.15, 0.2) is 11.6 Å². The quantitative estimate of drug-likeness (QED) is 0.160. The molecule has 0 saturated carbocycles. The van der Waals surface area contributed by atoms with Crippen LogP contribution >= 0.6 is 0 Å². The van der Waals surface area contributed by atoms with Crippen LogP contribution in [0, 0.1) is 21.7 Å². The Morgan fingerprint density at radius 2 is 1.14 bits per heavy atom. The van der Waals surface area contributed by atoms with E-state index in [1.807, 2.05) is 0 Å². The van der Waals surface area contributed by atoms with Crippen molar-refractivity contribution in [2.45, 2.75) is 12.4 Å². The van der Waals surface area contributed by atoms with Crippen molar-refractivity contribution in [3.63, 3.8) is 0 Å². The number of aromatic nitrogens is 2. The molecule has 4 aromatic rings. The van der Waals surface area contributed by atoms with Crippen LogP contribution in [0.25, 0.3) is 11.0 Å². The lowest BCUT2D eigenvalue weighted by Gasteiger charge is -2.16. The zero-order valence-electron chi connectivity index (χ0n) is 17.9. The maximum atomic E-state index is 13.7. The van der Waals surface area contributed by atoms with E-state index in [0.29, 0.717) is 24.3 Å². The Morgan fingerprint density at radius 3 is 1.57 bits per heavy atom. The highest BCUT2D eigenvalue weighted by molar-refractivity contribution is 5.85. The van der Waals surface area contributed by atoms with Gasteiger partial charge >= 0.3 is 12.4 Å². The molecule has 0 saturated heterocycles. The Morgan fingerprint density at radius 1 is 0.676 bits per heavy atom. The minimum Gasteiger partial charge on any atom is -0.337 e. The molecule has 3 aromatic carbocycles. The molecule has 0 amide bonds. The van der Waals surface area contributed by atoms with E-state index >= 15 is 0 Å². The Kier molecular flexibility index (Phi) is 6.31. The summed E-state index contributed by atoms with van der Waals surface area (Å²) in [7, 11) is 0. The topological polar surface area (TPSA) is 93.0 Å². The van der Waals surface area contributed by atoms with Gasteiger partial charge < -0.3 is 10.6 Å². The van der Waals surface area contributed by atoms with Crippen LogP contribution in [-0.2, 0) is 12.4 Å². The van der Waals surface area contributed by atoms with E-state index in [-0.39, 0.29) is 39.7 Å². The molecule has 1 heterocycles. The van der Waals surface area contributed by atoms with Crippen LogP contribution in [-0.4, -0.2) is 14.9 Å². The molecular weight excluding hydrogens is 518 g/mol. The fourth-order valence-corrected chi connectivity index (χ4v) is 3.24. The smallest absolute Gasteiger partial charge is 0.337 e. The molecule has 0 aliphatic carbocycles. The lowest BCUT2D eigenvalue weighted by atomic mass is 10.1. The number of alkyl halides is 6. The van der Waals surface area contributed by atoms with Gasteiger partial charge in [0.25, 0.3) is 5.69 Å². The molecular formula is C22H11F8N5O2. The van der Waals surface area contributed by atoms with Crippen LogP contribution in [0.1, 0.15) is 11.1 Å². The van der Waals surface area contributed by atoms with Crippen molar-refractivity contribution in [1.82, 2.24) is 9.97 Å². The molecule has 0 radical (unpaired) electrons. The molecule has 2 N–H and O–H groups in total. The second-order valence-electron chi connectivity index (χ2n) is 7.49. The van der Waals surface area contributed by atoms with E-state index in [4.69, 9.17) is 0 Å². The number of hydrogen-bond acceptors (Lipinski definition) is 6. The number of nitrogens with one attached hydrogen (secondary N) is 2. The van der Waals surface area contributed by atoms with Crippen LogP contribution < -0.4 is 10.6 Å². The number of nitro benzene ring substituents is 1. The normalized spacial score (nSPS) is 12.0. The minimum atomic E-state index is -5.04. The number of hydrogen-bond donors (Lipinski definition) is 2. The monoisotopic (exact) mass is 529 g/mol. The molecule has 0 aliphatic rings. The summed E-state index contributed by atoms with van der Waals surface area (Å²) in [6, 6.07) is 7.15. The molecule has 0 atom stereocenters. The fraction of sp³-hybridized carbons (Fsp3) is 0.0909. The largest absolute Gasteiger partial charge is 0.419 e. The molecule has 4 rings (SSSR count). The first kappa shape index (κ1) is 25.5. The highest BCUT2D eigenvalue weighted by Crippen LogP contribution is 2.37. The van der Waals surface area contributed by atoms with Crippen molar-refractivity contribution in [3.8, 4) is 0 Å². The second-order valence-corrected chi connectivity index (χ2v) is 7.49. The van der Waals surface area contributed by atoms with Crippen LogP contribution in [0.2, 0.25) is 0 Å². The zero-order valence-corrected chi connectivity index (χ0v) is 17.9. The Labute approximate surface area is 200 Å². The number of nitro groups is 1. The van der Waals surface area contributed by atoms with Gasteiger partial charge in [-0.2, -0.15) is 26.3 Å². The Balaban J connectivity index is 1.83. The van der Waals surface area contributed by atoms with Crippen LogP contribution in [0.4, 0.5) is 63.8 Å². The summed E-state index contributed by atoms with van der Waals surface area (Å²) in [5.41, 5.74) is -4.27. The number of rotatable bonds is 5. The number of fused-ring (bicyclic) bond motifs is 1. The standard InChI is InChI=1S/C22H11F8N5O2/c23-15-4-1-10(7-13(15)21(25,26)27)31-19-20(32-11-2-5-16(24)14(8-11)22(28,29)30)34-18-9-12(35(36)37)3-6-17(18)33-19/h1-9H,(H,31,33)(H,32,34). The van der Waals surface area contributed by atoms with Gasteiger partial charge in [0.2, 0.25) is 0 Å². The summed E-state index contributed by atoms with van der Waals surface area (Å²) < 4.78 is 106. The second kappa shape index (κ2) is 9.15. The van der Waals surface area contributed by atoms with Crippen molar-refractivity contribution < 1.29 is 40.0 Å². The fourth-order valence-electron chi connectivity index (χ4n) is 3.24. The first-order valence-electron chi connectivity index (χ1n) is 9.96. The number of halogens is 8. The Bertz CT molecular complexity index is 1520. The number of benzene rings is 3. The molecule has 37 heavy (non-hydrogen) atoms. The molecule has 7 nitrogen and oxygen atoms in total. The number of nitrogens with zero attached hydrogens (tertiary/aromatic N) is 3. The summed E-state index contributed by atoms with van der Waals surface area (Å²) in [4.78, 5) is 18.6. The van der Waals surface area contributed by atoms with Crippen molar-refractivity contribution >= 4 is 39.7 Å². The number of non-ortho nitro benzene ring substituents is 1.